The Morgan fingerprint density at radius 1 is 0.462 bits per heavy atom. The van der Waals surface area contributed by atoms with Gasteiger partial charge in [0.15, 0.2) is 0 Å². The lowest BCUT2D eigenvalue weighted by Crippen LogP contribution is -2.56. The molecule has 8 nitrogen and oxygen atoms in total. The number of benzene rings is 4. The third-order valence-electron chi connectivity index (χ3n) is 9.86. The fourth-order valence-corrected chi connectivity index (χ4v) is 7.33. The van der Waals surface area contributed by atoms with Gasteiger partial charge in [0.2, 0.25) is 0 Å². The number of nitrogens with zero attached hydrogens (tertiary/aromatic N) is 2. The molecule has 4 aromatic carbocycles. The molecule has 0 unspecified atom stereocenters. The highest BCUT2D eigenvalue weighted by atomic mass is 16.6. The van der Waals surface area contributed by atoms with E-state index in [-0.39, 0.29) is 12.2 Å². The molecule has 278 valence electrons. The molecule has 4 aromatic rings. The number of hydrogen-bond donors (Lipinski definition) is 0. The second kappa shape index (κ2) is 21.7. The Hall–Kier alpha value is -3.76. The van der Waals surface area contributed by atoms with Crippen LogP contribution >= 0.6 is 0 Å². The Balaban J connectivity index is 1.30. The first-order valence-electron chi connectivity index (χ1n) is 19.1. The summed E-state index contributed by atoms with van der Waals surface area (Å²) in [5.74, 6) is 1.70. The maximum absolute atomic E-state index is 6.59. The first-order valence-corrected chi connectivity index (χ1v) is 19.1. The minimum Gasteiger partial charge on any atom is -0.491 e. The van der Waals surface area contributed by atoms with Crippen molar-refractivity contribution in [3.63, 3.8) is 0 Å². The van der Waals surface area contributed by atoms with Crippen molar-refractivity contribution in [3.8, 4) is 11.5 Å². The maximum Gasteiger partial charge on any atom is 0.119 e. The van der Waals surface area contributed by atoms with Crippen LogP contribution in [0, 0.1) is 0 Å². The molecule has 0 N–H and O–H groups in total. The second-order valence-electron chi connectivity index (χ2n) is 13.7. The zero-order valence-corrected chi connectivity index (χ0v) is 30.5. The minimum atomic E-state index is -0.150. The summed E-state index contributed by atoms with van der Waals surface area (Å²) in [4.78, 5) is 5.34. The maximum atomic E-state index is 6.59. The van der Waals surface area contributed by atoms with E-state index in [0.29, 0.717) is 64.9 Å². The number of fused-ring (bicyclic) bond motifs is 1. The normalized spacial score (nSPS) is 23.5. The monoisotopic (exact) mass is 708 g/mol. The molecule has 4 atom stereocenters. The van der Waals surface area contributed by atoms with Gasteiger partial charge in [-0.1, -0.05) is 110 Å². The highest BCUT2D eigenvalue weighted by molar-refractivity contribution is 5.22. The van der Waals surface area contributed by atoms with E-state index in [1.807, 2.05) is 60.7 Å². The minimum absolute atomic E-state index is 0.150. The highest BCUT2D eigenvalue weighted by Gasteiger charge is 2.36. The zero-order valence-electron chi connectivity index (χ0n) is 30.5. The van der Waals surface area contributed by atoms with Gasteiger partial charge < -0.3 is 28.4 Å². The molecule has 1 heterocycles. The standard InChI is InChI=1S/C44H56N2O6/c1-5-15-37(16-6-1)31-45-33-41(35-51-39-19-9-3-10-20-39)49-29-27-47-25-26-48-28-30-50-42(36-52-40-21-11-4-12-22-40)34-46(32-38-17-7-2-8-18-38)44-24-14-13-23-43(44)45/h1-12,15-22,41-44H,13-14,23-36H2/t41-,42-,43+,44+/m0/s1. The second-order valence-corrected chi connectivity index (χ2v) is 13.7. The molecular formula is C44H56N2O6. The van der Waals surface area contributed by atoms with Crippen molar-refractivity contribution in [2.45, 2.75) is 63.1 Å². The smallest absolute Gasteiger partial charge is 0.119 e. The number of hydrogen-bond acceptors (Lipinski definition) is 8. The lowest BCUT2D eigenvalue weighted by atomic mass is 9.87. The van der Waals surface area contributed by atoms with Crippen LogP contribution in [0.4, 0.5) is 0 Å². The van der Waals surface area contributed by atoms with Gasteiger partial charge in [0.05, 0.1) is 39.6 Å². The summed E-state index contributed by atoms with van der Waals surface area (Å²) in [7, 11) is 0. The van der Waals surface area contributed by atoms with E-state index in [2.05, 4.69) is 70.5 Å². The van der Waals surface area contributed by atoms with Crippen LogP contribution in [0.15, 0.2) is 121 Å². The molecule has 1 saturated heterocycles. The van der Waals surface area contributed by atoms with Crippen LogP contribution in [0.3, 0.4) is 0 Å². The molecule has 52 heavy (non-hydrogen) atoms. The lowest BCUT2D eigenvalue weighted by molar-refractivity contribution is -0.0728. The number of ether oxygens (including phenoxy) is 6. The van der Waals surface area contributed by atoms with Crippen molar-refractivity contribution >= 4 is 0 Å². The predicted octanol–water partition coefficient (Wildman–Crippen LogP) is 7.28. The summed E-state index contributed by atoms with van der Waals surface area (Å²) >= 11 is 0. The molecule has 8 heteroatoms. The summed E-state index contributed by atoms with van der Waals surface area (Å²) < 4.78 is 37.7. The molecule has 0 amide bonds. The van der Waals surface area contributed by atoms with Crippen molar-refractivity contribution in [3.05, 3.63) is 132 Å². The van der Waals surface area contributed by atoms with Gasteiger partial charge in [-0.2, -0.15) is 0 Å². The van der Waals surface area contributed by atoms with E-state index in [1.54, 1.807) is 0 Å². The fourth-order valence-electron chi connectivity index (χ4n) is 7.33. The van der Waals surface area contributed by atoms with E-state index in [4.69, 9.17) is 28.4 Å². The van der Waals surface area contributed by atoms with E-state index in [1.165, 1.54) is 24.0 Å². The summed E-state index contributed by atoms with van der Waals surface area (Å²) in [6.07, 6.45) is 4.31. The van der Waals surface area contributed by atoms with E-state index in [0.717, 1.165) is 50.5 Å². The quantitative estimate of drug-likeness (QED) is 0.171. The summed E-state index contributed by atoms with van der Waals surface area (Å²) in [6, 6.07) is 42.4. The van der Waals surface area contributed by atoms with Crippen LogP contribution in [0.5, 0.6) is 11.5 Å². The van der Waals surface area contributed by atoms with Crippen LogP contribution in [-0.4, -0.2) is 100 Å². The van der Waals surface area contributed by atoms with E-state index >= 15 is 0 Å². The largest absolute Gasteiger partial charge is 0.491 e. The summed E-state index contributed by atoms with van der Waals surface area (Å²) in [5.41, 5.74) is 2.60. The molecule has 6 rings (SSSR count). The van der Waals surface area contributed by atoms with Gasteiger partial charge in [0.1, 0.15) is 36.9 Å². The fraction of sp³-hybridized carbons (Fsp3) is 0.455. The molecule has 2 fully saturated rings. The van der Waals surface area contributed by atoms with Crippen LogP contribution < -0.4 is 9.47 Å². The van der Waals surface area contributed by atoms with Crippen LogP contribution in [0.25, 0.3) is 0 Å². The average Bonchev–Trinajstić information content (AvgIpc) is 3.20. The van der Waals surface area contributed by atoms with E-state index < -0.39 is 0 Å². The molecule has 2 aliphatic rings. The number of para-hydroxylation sites is 2. The number of rotatable bonds is 10. The Morgan fingerprint density at radius 3 is 1.23 bits per heavy atom. The molecule has 1 aliphatic carbocycles. The van der Waals surface area contributed by atoms with Gasteiger partial charge in [-0.25, -0.2) is 0 Å². The first-order chi connectivity index (χ1) is 25.8. The van der Waals surface area contributed by atoms with Crippen molar-refractivity contribution in [1.82, 2.24) is 9.80 Å². The molecule has 1 saturated carbocycles. The highest BCUT2D eigenvalue weighted by Crippen LogP contribution is 2.31. The van der Waals surface area contributed by atoms with Gasteiger partial charge in [-0.15, -0.1) is 0 Å². The molecule has 0 spiro atoms. The van der Waals surface area contributed by atoms with Crippen molar-refractivity contribution in [1.29, 1.82) is 0 Å². The Morgan fingerprint density at radius 2 is 0.827 bits per heavy atom. The summed E-state index contributed by atoms with van der Waals surface area (Å²) in [6.45, 7) is 7.02. The van der Waals surface area contributed by atoms with E-state index in [9.17, 15) is 0 Å². The van der Waals surface area contributed by atoms with Gasteiger partial charge >= 0.3 is 0 Å². The zero-order chi connectivity index (χ0) is 35.5. The SMILES string of the molecule is c1ccc(CN2C[C@@H](COc3ccccc3)OCCOCCOCCO[C@H](COc3ccccc3)CN(Cc3ccccc3)[C@@H]3CCCC[C@H]32)cc1. The van der Waals surface area contributed by atoms with Crippen LogP contribution in [0.1, 0.15) is 36.8 Å². The lowest BCUT2D eigenvalue weighted by Gasteiger charge is -2.46. The Labute approximate surface area is 310 Å². The first kappa shape index (κ1) is 38.0. The third kappa shape index (κ3) is 12.7. The molecule has 0 bridgehead atoms. The predicted molar refractivity (Wildman–Crippen MR) is 205 cm³/mol. The molecular weight excluding hydrogens is 652 g/mol. The van der Waals surface area contributed by atoms with Gasteiger partial charge in [-0.05, 0) is 48.2 Å². The molecule has 1 aliphatic heterocycles. The third-order valence-corrected chi connectivity index (χ3v) is 9.86. The molecule has 0 radical (unpaired) electrons. The van der Waals surface area contributed by atoms with Crippen molar-refractivity contribution in [2.75, 3.05) is 65.9 Å². The molecule has 0 aromatic heterocycles. The topological polar surface area (TPSA) is 61.9 Å². The van der Waals surface area contributed by atoms with Crippen LogP contribution in [0.2, 0.25) is 0 Å². The van der Waals surface area contributed by atoms with Gasteiger partial charge in [0.25, 0.3) is 0 Å². The Bertz CT molecular complexity index is 1380. The van der Waals surface area contributed by atoms with Crippen LogP contribution in [-0.2, 0) is 32.0 Å². The Kier molecular flexibility index (Phi) is 15.8. The van der Waals surface area contributed by atoms with Crippen molar-refractivity contribution < 1.29 is 28.4 Å². The van der Waals surface area contributed by atoms with Gasteiger partial charge in [0, 0.05) is 38.3 Å². The summed E-state index contributed by atoms with van der Waals surface area (Å²) in [5, 5.41) is 0. The van der Waals surface area contributed by atoms with Crippen molar-refractivity contribution in [2.24, 2.45) is 0 Å². The average molecular weight is 709 g/mol. The van der Waals surface area contributed by atoms with Gasteiger partial charge in [-0.3, -0.25) is 9.80 Å².